The third-order valence-electron chi connectivity index (χ3n) is 0.854. The van der Waals surface area contributed by atoms with E-state index in [1.807, 2.05) is 0 Å². The van der Waals surface area contributed by atoms with Crippen LogP contribution in [0.1, 0.15) is 13.3 Å². The minimum atomic E-state index is 1.20. The molecule has 0 aliphatic rings. The van der Waals surface area contributed by atoms with Crippen LogP contribution in [0.2, 0.25) is 6.04 Å². The van der Waals surface area contributed by atoms with Crippen LogP contribution in [-0.2, 0) is 0 Å². The number of hydrogen-bond acceptors (Lipinski definition) is 1. The predicted octanol–water partition coefficient (Wildman–Crippen LogP) is -0.230. The Kier molecular flexibility index (Phi) is 6.33. The zero-order chi connectivity index (χ0) is 5.54. The van der Waals surface area contributed by atoms with Crippen molar-refractivity contribution in [1.82, 2.24) is 5.32 Å². The molecule has 2 heteroatoms. The van der Waals surface area contributed by atoms with Gasteiger partial charge in [0.15, 0.2) is 0 Å². The zero-order valence-electron chi connectivity index (χ0n) is 5.33. The summed E-state index contributed by atoms with van der Waals surface area (Å²) in [6.07, 6.45) is 1.27. The van der Waals surface area contributed by atoms with Crippen molar-refractivity contribution in [2.24, 2.45) is 0 Å². The Morgan fingerprint density at radius 2 is 2.14 bits per heavy atom. The van der Waals surface area contributed by atoms with Gasteiger partial charge < -0.3 is 5.32 Å². The fourth-order valence-electron chi connectivity index (χ4n) is 0.479. The Balaban J connectivity index is 2.45. The zero-order valence-corrected chi connectivity index (χ0v) is 7.33. The van der Waals surface area contributed by atoms with Gasteiger partial charge in [0.05, 0.1) is 0 Å². The van der Waals surface area contributed by atoms with Crippen LogP contribution in [0.25, 0.3) is 0 Å². The normalized spacial score (nSPS) is 9.86. The molecular weight excluding hydrogens is 102 g/mol. The van der Waals surface area contributed by atoms with E-state index >= 15 is 0 Å². The maximum Gasteiger partial charge on any atom is 0.00440 e. The summed E-state index contributed by atoms with van der Waals surface area (Å²) in [7, 11) is 1.34. The van der Waals surface area contributed by atoms with Gasteiger partial charge in [0.1, 0.15) is 0 Å². The molecule has 44 valence electrons. The van der Waals surface area contributed by atoms with E-state index < -0.39 is 0 Å². The molecule has 0 saturated carbocycles. The van der Waals surface area contributed by atoms with E-state index in [0.717, 1.165) is 0 Å². The maximum absolute atomic E-state index is 3.32. The summed E-state index contributed by atoms with van der Waals surface area (Å²) in [5.41, 5.74) is 0. The van der Waals surface area contributed by atoms with Crippen LogP contribution < -0.4 is 5.32 Å². The van der Waals surface area contributed by atoms with Crippen LogP contribution in [-0.4, -0.2) is 23.3 Å². The van der Waals surface area contributed by atoms with Crippen LogP contribution in [0.3, 0.4) is 0 Å². The molecule has 7 heavy (non-hydrogen) atoms. The van der Waals surface area contributed by atoms with E-state index in [4.69, 9.17) is 0 Å². The second kappa shape index (κ2) is 6.18. The largest absolute Gasteiger partial charge is 0.317 e. The van der Waals surface area contributed by atoms with E-state index in [1.54, 1.807) is 0 Å². The average Bonchev–Trinajstić information content (AvgIpc) is 1.69. The van der Waals surface area contributed by atoms with E-state index in [0.29, 0.717) is 0 Å². The van der Waals surface area contributed by atoms with Crippen molar-refractivity contribution in [1.29, 1.82) is 0 Å². The molecule has 1 N–H and O–H groups in total. The smallest absolute Gasteiger partial charge is 0.00440 e. The average molecular weight is 117 g/mol. The fraction of sp³-hybridized carbons (Fsp3) is 1.00. The number of rotatable bonds is 4. The molecule has 0 saturated heterocycles. The van der Waals surface area contributed by atoms with Crippen LogP contribution in [0.4, 0.5) is 0 Å². The summed E-state index contributed by atoms with van der Waals surface area (Å²) in [6.45, 7) is 4.63. The van der Waals surface area contributed by atoms with Crippen LogP contribution >= 0.6 is 0 Å². The molecular formula is C5H15NSi. The Bertz CT molecular complexity index is 27.3. The molecule has 0 fully saturated rings. The molecule has 0 bridgehead atoms. The Morgan fingerprint density at radius 1 is 1.43 bits per heavy atom. The fourth-order valence-corrected chi connectivity index (χ4v) is 0.832. The van der Waals surface area contributed by atoms with Crippen molar-refractivity contribution in [2.75, 3.05) is 13.1 Å². The summed E-state index contributed by atoms with van der Waals surface area (Å²) < 4.78 is 0. The van der Waals surface area contributed by atoms with Crippen molar-refractivity contribution in [3.8, 4) is 0 Å². The molecule has 0 aliphatic carbocycles. The third kappa shape index (κ3) is 6.18. The van der Waals surface area contributed by atoms with E-state index in [2.05, 4.69) is 12.2 Å². The van der Waals surface area contributed by atoms with Crippen LogP contribution in [0.15, 0.2) is 0 Å². The molecule has 0 unspecified atom stereocenters. The first-order chi connectivity index (χ1) is 3.41. The predicted molar refractivity (Wildman–Crippen MR) is 37.9 cm³/mol. The van der Waals surface area contributed by atoms with Gasteiger partial charge >= 0.3 is 0 Å². The third-order valence-corrected chi connectivity index (χ3v) is 1.35. The lowest BCUT2D eigenvalue weighted by molar-refractivity contribution is 0.703. The molecule has 0 aromatic heterocycles. The molecule has 0 spiro atoms. The van der Waals surface area contributed by atoms with Gasteiger partial charge in [-0.2, -0.15) is 0 Å². The lowest BCUT2D eigenvalue weighted by Crippen LogP contribution is -2.14. The molecule has 0 radical (unpaired) electrons. The monoisotopic (exact) mass is 117 g/mol. The van der Waals surface area contributed by atoms with Crippen LogP contribution in [0, 0.1) is 0 Å². The van der Waals surface area contributed by atoms with Gasteiger partial charge in [0.2, 0.25) is 0 Å². The Hall–Kier alpha value is 0.177. The van der Waals surface area contributed by atoms with E-state index in [9.17, 15) is 0 Å². The highest BCUT2D eigenvalue weighted by Gasteiger charge is 1.76. The highest BCUT2D eigenvalue weighted by molar-refractivity contribution is 6.08. The highest BCUT2D eigenvalue weighted by atomic mass is 28.1. The van der Waals surface area contributed by atoms with Gasteiger partial charge in [-0.15, -0.1) is 0 Å². The van der Waals surface area contributed by atoms with Crippen LogP contribution in [0.5, 0.6) is 0 Å². The quantitative estimate of drug-likeness (QED) is 0.396. The second-order valence-electron chi connectivity index (χ2n) is 1.75. The summed E-state index contributed by atoms with van der Waals surface area (Å²) in [6, 6.07) is 1.39. The standard InChI is InChI=1S/C5H15NSi/c1-2-3-6-4-5-7/h6H,2-5H2,1,7H3. The molecule has 0 aliphatic heterocycles. The summed E-state index contributed by atoms with van der Waals surface area (Å²) in [5.74, 6) is 0. The molecule has 0 amide bonds. The van der Waals surface area contributed by atoms with Gasteiger partial charge in [0, 0.05) is 10.2 Å². The minimum absolute atomic E-state index is 1.20. The van der Waals surface area contributed by atoms with Gasteiger partial charge in [-0.25, -0.2) is 0 Å². The van der Waals surface area contributed by atoms with Gasteiger partial charge in [0.25, 0.3) is 0 Å². The second-order valence-corrected chi connectivity index (χ2v) is 2.75. The van der Waals surface area contributed by atoms with E-state index in [1.165, 1.54) is 35.8 Å². The molecule has 0 aromatic rings. The van der Waals surface area contributed by atoms with Gasteiger partial charge in [-0.3, -0.25) is 0 Å². The summed E-state index contributed by atoms with van der Waals surface area (Å²) >= 11 is 0. The van der Waals surface area contributed by atoms with Crippen molar-refractivity contribution in [2.45, 2.75) is 19.4 Å². The Labute approximate surface area is 48.9 Å². The molecule has 1 nitrogen and oxygen atoms in total. The molecule has 0 rings (SSSR count). The van der Waals surface area contributed by atoms with Crippen molar-refractivity contribution >= 4 is 10.2 Å². The minimum Gasteiger partial charge on any atom is -0.317 e. The number of hydrogen-bond donors (Lipinski definition) is 1. The molecule has 0 aromatic carbocycles. The van der Waals surface area contributed by atoms with Crippen molar-refractivity contribution in [3.63, 3.8) is 0 Å². The van der Waals surface area contributed by atoms with Crippen molar-refractivity contribution < 1.29 is 0 Å². The molecule has 0 heterocycles. The topological polar surface area (TPSA) is 12.0 Å². The first-order valence-corrected chi connectivity index (χ1v) is 4.54. The number of nitrogens with one attached hydrogen (secondary N) is 1. The summed E-state index contributed by atoms with van der Waals surface area (Å²) in [5, 5.41) is 3.32. The lowest BCUT2D eigenvalue weighted by atomic mass is 10.5. The van der Waals surface area contributed by atoms with Crippen molar-refractivity contribution in [3.05, 3.63) is 0 Å². The Morgan fingerprint density at radius 3 is 2.57 bits per heavy atom. The van der Waals surface area contributed by atoms with E-state index in [-0.39, 0.29) is 0 Å². The summed E-state index contributed by atoms with van der Waals surface area (Å²) in [4.78, 5) is 0. The first kappa shape index (κ1) is 7.18. The lowest BCUT2D eigenvalue weighted by Gasteiger charge is -1.95. The maximum atomic E-state index is 3.32. The van der Waals surface area contributed by atoms with Gasteiger partial charge in [-0.05, 0) is 19.5 Å². The van der Waals surface area contributed by atoms with Gasteiger partial charge in [-0.1, -0.05) is 13.0 Å². The first-order valence-electron chi connectivity index (χ1n) is 3.12. The SMILES string of the molecule is CCCNCC[SiH3]. The molecule has 0 atom stereocenters. The highest BCUT2D eigenvalue weighted by Crippen LogP contribution is 1.69.